The third-order valence-electron chi connectivity index (χ3n) is 16.8. The summed E-state index contributed by atoms with van der Waals surface area (Å²) in [6.45, 7) is -0.391. The summed E-state index contributed by atoms with van der Waals surface area (Å²) < 4.78 is 14.7. The Hall–Kier alpha value is -9.59. The Kier molecular flexibility index (Phi) is 8.78. The van der Waals surface area contributed by atoms with Crippen LogP contribution in [0.25, 0.3) is 115 Å². The number of para-hydroxylation sites is 4. The standard InChI is InChI=1S/C65H43B4N7/c1-3-19-49-47(17-1)48-18-2-4-20-50(48)55-24-16-26-57-53-32-31-44(41-58(53)52-22-6-5-21-51(52)56-25-15-23-54(49)63(56)64(55)57)45-34-40-73-66-35-11-13-38-71(66)68-37-33-46(43-74(68)67-36-12-14-39-72(67)69(73)42-45)75-61-29-9-10-30-62(61)76-60-28-8-7-27-59(60)70-65(75)76/h1-43H. The van der Waals surface area contributed by atoms with Gasteiger partial charge in [0.1, 0.15) is 0 Å². The molecular formula is C65H43B4N7. The Morgan fingerprint density at radius 3 is 1.49 bits per heavy atom. The van der Waals surface area contributed by atoms with Crippen LogP contribution < -0.4 is 0 Å². The molecule has 7 aliphatic rings. The molecule has 0 atom stereocenters. The van der Waals surface area contributed by atoms with E-state index in [1.807, 2.05) is 0 Å². The first-order valence-electron chi connectivity index (χ1n) is 26.4. The number of allylic oxidation sites excluding steroid dienone is 8. The molecule has 7 heterocycles. The maximum atomic E-state index is 5.25. The van der Waals surface area contributed by atoms with Crippen LogP contribution in [0.3, 0.4) is 0 Å². The smallest absolute Gasteiger partial charge is 0.381 e. The highest BCUT2D eigenvalue weighted by Gasteiger charge is 2.50. The van der Waals surface area contributed by atoms with Gasteiger partial charge in [-0.25, -0.2) is 4.98 Å². The highest BCUT2D eigenvalue weighted by Crippen LogP contribution is 2.48. The first-order valence-corrected chi connectivity index (χ1v) is 26.4. The molecule has 10 aromatic rings. The summed E-state index contributed by atoms with van der Waals surface area (Å²) in [6.07, 6.45) is 22.6. The molecule has 0 N–H and O–H groups in total. The Bertz CT molecular complexity index is 4810. The molecule has 5 aliphatic heterocycles. The van der Waals surface area contributed by atoms with Gasteiger partial charge in [0, 0.05) is 6.20 Å². The van der Waals surface area contributed by atoms with E-state index in [2.05, 4.69) is 289 Å². The van der Waals surface area contributed by atoms with Gasteiger partial charge in [-0.1, -0.05) is 182 Å². The number of hydrogen-bond donors (Lipinski definition) is 0. The van der Waals surface area contributed by atoms with E-state index in [0.717, 1.165) is 33.5 Å². The molecule has 0 saturated carbocycles. The van der Waals surface area contributed by atoms with Gasteiger partial charge in [0.05, 0.1) is 27.8 Å². The van der Waals surface area contributed by atoms with Gasteiger partial charge in [-0.05, 0) is 160 Å². The first-order chi connectivity index (χ1) is 37.7. The maximum absolute atomic E-state index is 5.25. The van der Waals surface area contributed by atoms with Crippen molar-refractivity contribution in [2.45, 2.75) is 0 Å². The second-order valence-electron chi connectivity index (χ2n) is 20.7. The lowest BCUT2D eigenvalue weighted by Gasteiger charge is -2.53. The molecular weight excluding hydrogens is 922 g/mol. The summed E-state index contributed by atoms with van der Waals surface area (Å²) in [5.74, 6) is 10.4. The summed E-state index contributed by atoms with van der Waals surface area (Å²) >= 11 is 0. The highest BCUT2D eigenvalue weighted by atomic mass is 15.3. The van der Waals surface area contributed by atoms with Gasteiger partial charge in [0.2, 0.25) is 5.78 Å². The zero-order valence-electron chi connectivity index (χ0n) is 41.3. The summed E-state index contributed by atoms with van der Waals surface area (Å²) in [6, 6.07) is 65.2. The van der Waals surface area contributed by atoms with Crippen LogP contribution in [0, 0.1) is 0 Å². The molecule has 0 radical (unpaired) electrons. The second-order valence-corrected chi connectivity index (χ2v) is 20.7. The predicted molar refractivity (Wildman–Crippen MR) is 323 cm³/mol. The lowest BCUT2D eigenvalue weighted by Crippen LogP contribution is -2.73. The predicted octanol–water partition coefficient (Wildman–Crippen LogP) is 14.5. The number of hydrogen-bond acceptors (Lipinski definition) is 5. The van der Waals surface area contributed by atoms with Crippen LogP contribution >= 0.6 is 0 Å². The number of aromatic nitrogens is 3. The Balaban J connectivity index is 0.861. The highest BCUT2D eigenvalue weighted by molar-refractivity contribution is 6.92. The lowest BCUT2D eigenvalue weighted by molar-refractivity contribution is 0.622. The normalized spacial score (nSPS) is 16.1. The molecule has 8 aromatic carbocycles. The van der Waals surface area contributed by atoms with Gasteiger partial charge in [0.25, 0.3) is 0 Å². The van der Waals surface area contributed by atoms with Gasteiger partial charge in [-0.2, -0.15) is 0 Å². The molecule has 17 rings (SSSR count). The largest absolute Gasteiger partial charge is 0.423 e. The molecule has 76 heavy (non-hydrogen) atoms. The van der Waals surface area contributed by atoms with Crippen LogP contribution in [-0.4, -0.2) is 60.8 Å². The zero-order chi connectivity index (χ0) is 49.6. The minimum Gasteiger partial charge on any atom is -0.423 e. The molecule has 0 amide bonds. The van der Waals surface area contributed by atoms with Crippen molar-refractivity contribution >= 4 is 132 Å². The van der Waals surface area contributed by atoms with Crippen molar-refractivity contribution in [3.05, 3.63) is 267 Å². The summed E-state index contributed by atoms with van der Waals surface area (Å²) in [5.41, 5.74) is 10.3. The molecule has 2 aromatic heterocycles. The van der Waals surface area contributed by atoms with Gasteiger partial charge >= 0.3 is 27.9 Å². The van der Waals surface area contributed by atoms with Crippen LogP contribution in [0.2, 0.25) is 0 Å². The second kappa shape index (κ2) is 16.0. The fraction of sp³-hybridized carbons (Fsp3) is 0. The van der Waals surface area contributed by atoms with E-state index in [1.54, 1.807) is 0 Å². The molecule has 1 saturated heterocycles. The van der Waals surface area contributed by atoms with E-state index in [1.165, 1.54) is 86.9 Å². The Morgan fingerprint density at radius 1 is 0.355 bits per heavy atom. The molecule has 7 nitrogen and oxygen atoms in total. The minimum absolute atomic E-state index is 0.0598. The fourth-order valence-corrected chi connectivity index (χ4v) is 13.6. The molecule has 0 unspecified atom stereocenters. The van der Waals surface area contributed by atoms with Gasteiger partial charge in [-0.3, -0.25) is 8.97 Å². The number of imidazole rings is 2. The minimum atomic E-state index is -0.133. The number of nitrogens with zero attached hydrogens (tertiary/aromatic N) is 7. The van der Waals surface area contributed by atoms with Crippen LogP contribution in [0.4, 0.5) is 0 Å². The number of benzene rings is 8. The first kappa shape index (κ1) is 41.8. The van der Waals surface area contributed by atoms with Crippen molar-refractivity contribution in [1.29, 1.82) is 0 Å². The number of rotatable bonds is 2. The third kappa shape index (κ3) is 5.85. The van der Waals surface area contributed by atoms with Gasteiger partial charge < -0.3 is 18.9 Å². The van der Waals surface area contributed by atoms with Crippen molar-refractivity contribution in [3.63, 3.8) is 0 Å². The van der Waals surface area contributed by atoms with Gasteiger partial charge in [0.15, 0.2) is 0 Å². The van der Waals surface area contributed by atoms with E-state index >= 15 is 0 Å². The lowest BCUT2D eigenvalue weighted by atomic mass is 9.41. The summed E-state index contributed by atoms with van der Waals surface area (Å²) in [7, 11) is 0. The topological polar surface area (TPSA) is 35.2 Å². The Labute approximate surface area is 440 Å². The van der Waals surface area contributed by atoms with Crippen molar-refractivity contribution in [2.24, 2.45) is 0 Å². The molecule has 0 spiro atoms. The van der Waals surface area contributed by atoms with E-state index in [0.29, 0.717) is 0 Å². The van der Waals surface area contributed by atoms with Crippen molar-refractivity contribution in [2.75, 3.05) is 0 Å². The molecule has 350 valence electrons. The molecule has 11 heteroatoms. The monoisotopic (exact) mass is 965 g/mol. The van der Waals surface area contributed by atoms with E-state index in [-0.39, 0.29) is 27.9 Å². The molecule has 1 fully saturated rings. The molecule has 2 aliphatic carbocycles. The van der Waals surface area contributed by atoms with Crippen molar-refractivity contribution in [1.82, 2.24) is 32.8 Å². The van der Waals surface area contributed by atoms with Gasteiger partial charge in [-0.15, -0.1) is 0 Å². The quantitative estimate of drug-likeness (QED) is 0.161. The van der Waals surface area contributed by atoms with Crippen LogP contribution in [0.15, 0.2) is 261 Å². The van der Waals surface area contributed by atoms with E-state index in [9.17, 15) is 0 Å². The van der Waals surface area contributed by atoms with Crippen LogP contribution in [-0.2, 0) is 0 Å². The zero-order valence-corrected chi connectivity index (χ0v) is 41.3. The third-order valence-corrected chi connectivity index (χ3v) is 16.8. The Morgan fingerprint density at radius 2 is 0.842 bits per heavy atom. The summed E-state index contributed by atoms with van der Waals surface area (Å²) in [4.78, 5) is 5.25. The van der Waals surface area contributed by atoms with Crippen LogP contribution in [0.1, 0.15) is 5.56 Å². The molecule has 0 bridgehead atoms. The fourth-order valence-electron chi connectivity index (χ4n) is 13.6. The average molecular weight is 965 g/mol. The van der Waals surface area contributed by atoms with Crippen molar-refractivity contribution in [3.8, 4) is 11.1 Å². The SMILES string of the molecule is C1=CB2N3C=CC(c4ccc5c6cccc7c6-c6c(cccc6c6ccccc6c5c4)c4ccccc4c4ccccc74)=CB3N3C=CC=CB3N3C=C(n4c5ccccc5n5c6ccccc6nc45)C=CB3N2C=C1. The number of fused-ring (bicyclic) bond motifs is 23. The van der Waals surface area contributed by atoms with E-state index < -0.39 is 0 Å². The van der Waals surface area contributed by atoms with Crippen molar-refractivity contribution < 1.29 is 0 Å². The average Bonchev–Trinajstić information content (AvgIpc) is 4.19. The maximum Gasteiger partial charge on any atom is 0.381 e. The summed E-state index contributed by atoms with van der Waals surface area (Å²) in [5, 5.41) is 15.0. The van der Waals surface area contributed by atoms with E-state index in [4.69, 9.17) is 4.98 Å². The van der Waals surface area contributed by atoms with Crippen LogP contribution in [0.5, 0.6) is 0 Å².